The van der Waals surface area contributed by atoms with Crippen LogP contribution in [-0.4, -0.2) is 36.5 Å². The average molecular weight is 395 g/mol. The van der Waals surface area contributed by atoms with Crippen LogP contribution in [-0.2, 0) is 0 Å². The SMILES string of the molecule is CCN1c2cc(OC)c(C=Nc3cc(C(=O)O)ccc3C)cc2C(C)CC1(C)C. The molecule has 2 aromatic rings. The number of hydrogen-bond donors (Lipinski definition) is 1. The van der Waals surface area contributed by atoms with Gasteiger partial charge in [-0.3, -0.25) is 4.99 Å². The van der Waals surface area contributed by atoms with E-state index in [0.717, 1.165) is 29.8 Å². The maximum atomic E-state index is 11.3. The Labute approximate surface area is 173 Å². The van der Waals surface area contributed by atoms with Gasteiger partial charge in [-0.1, -0.05) is 13.0 Å². The van der Waals surface area contributed by atoms with Gasteiger partial charge in [0, 0.05) is 35.6 Å². The number of aryl methyl sites for hydroxylation is 1. The molecule has 1 aliphatic rings. The number of hydrogen-bond acceptors (Lipinski definition) is 4. The van der Waals surface area contributed by atoms with Crippen molar-refractivity contribution < 1.29 is 14.6 Å². The number of ether oxygens (including phenoxy) is 1. The van der Waals surface area contributed by atoms with Crippen LogP contribution < -0.4 is 9.64 Å². The largest absolute Gasteiger partial charge is 0.496 e. The molecule has 5 nitrogen and oxygen atoms in total. The number of aliphatic imine (C=N–C) groups is 1. The zero-order valence-electron chi connectivity index (χ0n) is 18.1. The normalized spacial score (nSPS) is 18.0. The number of nitrogens with zero attached hydrogens (tertiary/aromatic N) is 2. The number of rotatable bonds is 5. The maximum absolute atomic E-state index is 11.3. The number of methoxy groups -OCH3 is 1. The molecule has 3 rings (SSSR count). The quantitative estimate of drug-likeness (QED) is 0.674. The fourth-order valence-electron chi connectivity index (χ4n) is 4.42. The van der Waals surface area contributed by atoms with E-state index < -0.39 is 5.97 Å². The van der Waals surface area contributed by atoms with Crippen molar-refractivity contribution in [1.82, 2.24) is 0 Å². The molecule has 0 amide bonds. The topological polar surface area (TPSA) is 62.1 Å². The summed E-state index contributed by atoms with van der Waals surface area (Å²) in [6.07, 6.45) is 2.85. The molecule has 2 aromatic carbocycles. The fraction of sp³-hybridized carbons (Fsp3) is 0.417. The molecule has 154 valence electrons. The van der Waals surface area contributed by atoms with Crippen LogP contribution in [0.25, 0.3) is 0 Å². The van der Waals surface area contributed by atoms with Gasteiger partial charge in [-0.2, -0.15) is 0 Å². The van der Waals surface area contributed by atoms with E-state index in [1.54, 1.807) is 31.5 Å². The van der Waals surface area contributed by atoms with Crippen molar-refractivity contribution >= 4 is 23.6 Å². The molecule has 0 aromatic heterocycles. The number of carboxylic acid groups (broad SMARTS) is 1. The number of aromatic carboxylic acids is 1. The van der Waals surface area contributed by atoms with Gasteiger partial charge in [0.1, 0.15) is 5.75 Å². The third kappa shape index (κ3) is 4.00. The number of carboxylic acids is 1. The molecule has 0 aliphatic carbocycles. The molecule has 0 saturated carbocycles. The first-order valence-corrected chi connectivity index (χ1v) is 10.1. The van der Waals surface area contributed by atoms with Gasteiger partial charge in [-0.25, -0.2) is 4.79 Å². The molecule has 1 heterocycles. The van der Waals surface area contributed by atoms with Crippen LogP contribution >= 0.6 is 0 Å². The Hall–Kier alpha value is -2.82. The Balaban J connectivity index is 2.06. The Morgan fingerprint density at radius 2 is 2.07 bits per heavy atom. The second kappa shape index (κ2) is 7.90. The van der Waals surface area contributed by atoms with Crippen LogP contribution in [0.15, 0.2) is 35.3 Å². The lowest BCUT2D eigenvalue weighted by atomic mass is 9.79. The number of carbonyl (C=O) groups is 1. The van der Waals surface area contributed by atoms with E-state index in [1.807, 2.05) is 6.92 Å². The zero-order chi connectivity index (χ0) is 21.3. The lowest BCUT2D eigenvalue weighted by molar-refractivity contribution is 0.0697. The minimum absolute atomic E-state index is 0.0934. The fourth-order valence-corrected chi connectivity index (χ4v) is 4.42. The zero-order valence-corrected chi connectivity index (χ0v) is 18.1. The van der Waals surface area contributed by atoms with Crippen molar-refractivity contribution in [2.45, 2.75) is 52.5 Å². The molecule has 1 unspecified atom stereocenters. The lowest BCUT2D eigenvalue weighted by Gasteiger charge is -2.47. The predicted octanol–water partition coefficient (Wildman–Crippen LogP) is 5.56. The lowest BCUT2D eigenvalue weighted by Crippen LogP contribution is -2.48. The van der Waals surface area contributed by atoms with Gasteiger partial charge in [0.25, 0.3) is 0 Å². The summed E-state index contributed by atoms with van der Waals surface area (Å²) in [5, 5.41) is 9.24. The molecule has 0 radical (unpaired) electrons. The van der Waals surface area contributed by atoms with Crippen LogP contribution in [0.5, 0.6) is 5.75 Å². The van der Waals surface area contributed by atoms with Crippen molar-refractivity contribution in [1.29, 1.82) is 0 Å². The molecule has 0 bridgehead atoms. The summed E-state index contributed by atoms with van der Waals surface area (Å²) in [4.78, 5) is 18.3. The smallest absolute Gasteiger partial charge is 0.335 e. The van der Waals surface area contributed by atoms with Gasteiger partial charge in [-0.15, -0.1) is 0 Å². The third-order valence-corrected chi connectivity index (χ3v) is 5.85. The van der Waals surface area contributed by atoms with Crippen molar-refractivity contribution in [3.05, 3.63) is 52.6 Å². The highest BCUT2D eigenvalue weighted by molar-refractivity contribution is 5.91. The molecule has 1 N–H and O–H groups in total. The summed E-state index contributed by atoms with van der Waals surface area (Å²) in [7, 11) is 1.67. The molecule has 0 fully saturated rings. The summed E-state index contributed by atoms with van der Waals surface area (Å²) in [6, 6.07) is 9.25. The van der Waals surface area contributed by atoms with Crippen molar-refractivity contribution in [3.8, 4) is 5.75 Å². The minimum atomic E-state index is -0.955. The number of benzene rings is 2. The molecule has 0 spiro atoms. The number of anilines is 1. The van der Waals surface area contributed by atoms with E-state index in [9.17, 15) is 9.90 Å². The Bertz CT molecular complexity index is 963. The van der Waals surface area contributed by atoms with Gasteiger partial charge in [0.05, 0.1) is 18.4 Å². The third-order valence-electron chi connectivity index (χ3n) is 5.85. The molecule has 29 heavy (non-hydrogen) atoms. The first-order chi connectivity index (χ1) is 13.7. The van der Waals surface area contributed by atoms with Gasteiger partial charge >= 0.3 is 5.97 Å². The molecule has 1 aliphatic heterocycles. The predicted molar refractivity (Wildman–Crippen MR) is 119 cm³/mol. The van der Waals surface area contributed by atoms with Crippen LogP contribution in [0.1, 0.15) is 67.1 Å². The molecule has 5 heteroatoms. The van der Waals surface area contributed by atoms with Gasteiger partial charge in [-0.05, 0) is 69.4 Å². The highest BCUT2D eigenvalue weighted by atomic mass is 16.5. The molecule has 1 atom stereocenters. The van der Waals surface area contributed by atoms with E-state index in [4.69, 9.17) is 4.74 Å². The summed E-state index contributed by atoms with van der Waals surface area (Å²) < 4.78 is 5.68. The highest BCUT2D eigenvalue weighted by Gasteiger charge is 2.36. The van der Waals surface area contributed by atoms with Gasteiger partial charge in [0.15, 0.2) is 0 Å². The van der Waals surface area contributed by atoms with Crippen molar-refractivity contribution in [3.63, 3.8) is 0 Å². The summed E-state index contributed by atoms with van der Waals surface area (Å²) >= 11 is 0. The molecular weight excluding hydrogens is 364 g/mol. The first-order valence-electron chi connectivity index (χ1n) is 10.1. The van der Waals surface area contributed by atoms with E-state index in [2.05, 4.69) is 49.7 Å². The van der Waals surface area contributed by atoms with E-state index in [-0.39, 0.29) is 11.1 Å². The van der Waals surface area contributed by atoms with Crippen LogP contribution in [0.2, 0.25) is 0 Å². The Morgan fingerprint density at radius 3 is 2.69 bits per heavy atom. The monoisotopic (exact) mass is 394 g/mol. The molecule has 0 saturated heterocycles. The molecular formula is C24H30N2O3. The summed E-state index contributed by atoms with van der Waals surface area (Å²) in [5.74, 6) is 0.240. The van der Waals surface area contributed by atoms with Gasteiger partial charge in [0.2, 0.25) is 0 Å². The second-order valence-corrected chi connectivity index (χ2v) is 8.38. The highest BCUT2D eigenvalue weighted by Crippen LogP contribution is 2.45. The maximum Gasteiger partial charge on any atom is 0.335 e. The van der Waals surface area contributed by atoms with Crippen LogP contribution in [0.4, 0.5) is 11.4 Å². The van der Waals surface area contributed by atoms with E-state index >= 15 is 0 Å². The van der Waals surface area contributed by atoms with Crippen molar-refractivity contribution in [2.75, 3.05) is 18.6 Å². The summed E-state index contributed by atoms with van der Waals surface area (Å²) in [6.45, 7) is 11.9. The van der Waals surface area contributed by atoms with Gasteiger partial charge < -0.3 is 14.7 Å². The first kappa shape index (κ1) is 20.9. The minimum Gasteiger partial charge on any atom is -0.496 e. The number of fused-ring (bicyclic) bond motifs is 1. The standard InChI is InChI=1S/C24H30N2O3/c1-7-26-21-12-22(29-6)18(10-19(21)16(3)13-24(26,4)5)14-25-20-11-17(23(27)28)9-8-15(20)2/h8-12,14,16H,7,13H2,1-6H3,(H,27,28). The summed E-state index contributed by atoms with van der Waals surface area (Å²) in [5.41, 5.74) is 5.31. The van der Waals surface area contributed by atoms with E-state index in [1.165, 1.54) is 11.3 Å². The average Bonchev–Trinajstić information content (AvgIpc) is 2.66. The van der Waals surface area contributed by atoms with Crippen LogP contribution in [0, 0.1) is 6.92 Å². The van der Waals surface area contributed by atoms with Crippen LogP contribution in [0.3, 0.4) is 0 Å². The van der Waals surface area contributed by atoms with Crippen molar-refractivity contribution in [2.24, 2.45) is 4.99 Å². The Kier molecular flexibility index (Phi) is 5.69. The Morgan fingerprint density at radius 1 is 1.34 bits per heavy atom. The van der Waals surface area contributed by atoms with E-state index in [0.29, 0.717) is 11.6 Å². The second-order valence-electron chi connectivity index (χ2n) is 8.38.